The van der Waals surface area contributed by atoms with E-state index in [4.69, 9.17) is 5.73 Å². The molecule has 0 aliphatic heterocycles. The smallest absolute Gasteiger partial charge is 0.185 e. The summed E-state index contributed by atoms with van der Waals surface area (Å²) in [4.78, 5) is 7.17. The molecule has 0 spiro atoms. The van der Waals surface area contributed by atoms with Crippen LogP contribution in [0.2, 0.25) is 0 Å². The fraction of sp³-hybridized carbons (Fsp3) is 0.167. The van der Waals surface area contributed by atoms with Gasteiger partial charge in [0.25, 0.3) is 0 Å². The van der Waals surface area contributed by atoms with Gasteiger partial charge in [0.05, 0.1) is 4.70 Å². The van der Waals surface area contributed by atoms with Crippen molar-refractivity contribution in [2.24, 2.45) is 0 Å². The van der Waals surface area contributed by atoms with Crippen LogP contribution in [0.25, 0.3) is 10.3 Å². The van der Waals surface area contributed by atoms with E-state index >= 15 is 0 Å². The number of anilines is 2. The van der Waals surface area contributed by atoms with Crippen LogP contribution in [0, 0.1) is 0 Å². The first kappa shape index (κ1) is 6.48. The maximum atomic E-state index is 5.52. The zero-order valence-corrected chi connectivity index (χ0v) is 6.83. The Morgan fingerprint density at radius 3 is 3.18 bits per heavy atom. The number of nitrogens with zero attached hydrogens (tertiary/aromatic N) is 1. The lowest BCUT2D eigenvalue weighted by atomic mass is 10.6. The minimum Gasteiger partial charge on any atom is -0.385 e. The molecule has 4 nitrogen and oxygen atoms in total. The summed E-state index contributed by atoms with van der Waals surface area (Å²) in [6.45, 7) is 0. The van der Waals surface area contributed by atoms with E-state index in [-0.39, 0.29) is 0 Å². The van der Waals surface area contributed by atoms with Gasteiger partial charge in [-0.3, -0.25) is 0 Å². The second-order valence-electron chi connectivity index (χ2n) is 2.21. The first-order valence-corrected chi connectivity index (χ1v) is 4.04. The molecule has 0 aromatic carbocycles. The molecule has 2 aromatic heterocycles. The van der Waals surface area contributed by atoms with Crippen LogP contribution in [-0.4, -0.2) is 17.0 Å². The minimum absolute atomic E-state index is 0.668. The number of nitrogen functional groups attached to an aromatic ring is 1. The van der Waals surface area contributed by atoms with Crippen LogP contribution < -0.4 is 11.1 Å². The highest BCUT2D eigenvalue weighted by Gasteiger charge is 2.03. The number of H-pyrrole nitrogens is 1. The summed E-state index contributed by atoms with van der Waals surface area (Å²) in [6.07, 6.45) is 0. The molecule has 0 saturated carbocycles. The van der Waals surface area contributed by atoms with Crippen molar-refractivity contribution in [1.29, 1.82) is 0 Å². The topological polar surface area (TPSA) is 66.7 Å². The van der Waals surface area contributed by atoms with E-state index in [9.17, 15) is 0 Å². The van der Waals surface area contributed by atoms with E-state index in [1.165, 1.54) is 0 Å². The van der Waals surface area contributed by atoms with Gasteiger partial charge in [-0.25, -0.2) is 4.98 Å². The van der Waals surface area contributed by atoms with Gasteiger partial charge in [-0.05, 0) is 6.07 Å². The SMILES string of the molecule is CNc1nc2[nH]c(N)cc2s1. The van der Waals surface area contributed by atoms with Gasteiger partial charge in [0.15, 0.2) is 10.8 Å². The Kier molecular flexibility index (Phi) is 1.25. The van der Waals surface area contributed by atoms with Crippen molar-refractivity contribution in [2.45, 2.75) is 0 Å². The van der Waals surface area contributed by atoms with Crippen LogP contribution in [0.1, 0.15) is 0 Å². The summed E-state index contributed by atoms with van der Waals surface area (Å²) in [7, 11) is 1.85. The molecule has 0 atom stereocenters. The van der Waals surface area contributed by atoms with Crippen molar-refractivity contribution in [3.8, 4) is 0 Å². The van der Waals surface area contributed by atoms with Crippen LogP contribution in [0.3, 0.4) is 0 Å². The molecule has 0 saturated heterocycles. The van der Waals surface area contributed by atoms with Crippen LogP contribution >= 0.6 is 11.3 Å². The molecule has 0 radical (unpaired) electrons. The first-order chi connectivity index (χ1) is 5.29. The van der Waals surface area contributed by atoms with Crippen LogP contribution in [0.5, 0.6) is 0 Å². The monoisotopic (exact) mass is 168 g/mol. The van der Waals surface area contributed by atoms with E-state index in [0.29, 0.717) is 5.82 Å². The number of hydrogen-bond acceptors (Lipinski definition) is 4. The Morgan fingerprint density at radius 2 is 2.55 bits per heavy atom. The minimum atomic E-state index is 0.668. The van der Waals surface area contributed by atoms with Gasteiger partial charge in [-0.15, -0.1) is 0 Å². The zero-order valence-electron chi connectivity index (χ0n) is 6.01. The van der Waals surface area contributed by atoms with Gasteiger partial charge >= 0.3 is 0 Å². The maximum absolute atomic E-state index is 5.52. The second kappa shape index (κ2) is 2.13. The molecule has 2 rings (SSSR count). The molecule has 0 aliphatic rings. The molecular formula is C6H8N4S. The number of hydrogen-bond donors (Lipinski definition) is 3. The highest BCUT2D eigenvalue weighted by molar-refractivity contribution is 7.22. The average Bonchev–Trinajstić information content (AvgIpc) is 2.43. The number of aromatic amines is 1. The lowest BCUT2D eigenvalue weighted by Crippen LogP contribution is -1.86. The maximum Gasteiger partial charge on any atom is 0.185 e. The summed E-state index contributed by atoms with van der Waals surface area (Å²) in [5, 5.41) is 3.88. The molecule has 0 unspecified atom stereocenters. The lowest BCUT2D eigenvalue weighted by Gasteiger charge is -1.86. The Morgan fingerprint density at radius 1 is 1.73 bits per heavy atom. The van der Waals surface area contributed by atoms with Crippen LogP contribution in [0.4, 0.5) is 10.9 Å². The third kappa shape index (κ3) is 0.932. The van der Waals surface area contributed by atoms with Gasteiger partial charge in [0.2, 0.25) is 0 Å². The second-order valence-corrected chi connectivity index (χ2v) is 3.24. The predicted molar refractivity (Wildman–Crippen MR) is 47.9 cm³/mol. The van der Waals surface area contributed by atoms with E-state index < -0.39 is 0 Å². The van der Waals surface area contributed by atoms with E-state index in [2.05, 4.69) is 15.3 Å². The summed E-state index contributed by atoms with van der Waals surface area (Å²) in [5.41, 5.74) is 6.38. The number of fused-ring (bicyclic) bond motifs is 1. The molecule has 0 bridgehead atoms. The quantitative estimate of drug-likeness (QED) is 0.600. The van der Waals surface area contributed by atoms with Crippen molar-refractivity contribution >= 4 is 32.6 Å². The molecule has 4 N–H and O–H groups in total. The summed E-state index contributed by atoms with van der Waals surface area (Å²) >= 11 is 1.58. The van der Waals surface area contributed by atoms with Crippen molar-refractivity contribution in [3.05, 3.63) is 6.07 Å². The highest BCUT2D eigenvalue weighted by atomic mass is 32.1. The summed E-state index contributed by atoms with van der Waals surface area (Å²) in [6, 6.07) is 1.88. The predicted octanol–water partition coefficient (Wildman–Crippen LogP) is 1.25. The van der Waals surface area contributed by atoms with Crippen LogP contribution in [0.15, 0.2) is 6.07 Å². The molecule has 58 valence electrons. The zero-order chi connectivity index (χ0) is 7.84. The third-order valence-corrected chi connectivity index (χ3v) is 2.44. The van der Waals surface area contributed by atoms with Gasteiger partial charge in [-0.1, -0.05) is 11.3 Å². The number of rotatable bonds is 1. The van der Waals surface area contributed by atoms with Crippen molar-refractivity contribution in [1.82, 2.24) is 9.97 Å². The molecule has 0 aliphatic carbocycles. The largest absolute Gasteiger partial charge is 0.385 e. The van der Waals surface area contributed by atoms with Crippen molar-refractivity contribution in [3.63, 3.8) is 0 Å². The van der Waals surface area contributed by atoms with E-state index in [1.807, 2.05) is 13.1 Å². The Labute approximate surface area is 67.4 Å². The highest BCUT2D eigenvalue weighted by Crippen LogP contribution is 2.26. The van der Waals surface area contributed by atoms with E-state index in [0.717, 1.165) is 15.5 Å². The van der Waals surface area contributed by atoms with E-state index in [1.54, 1.807) is 11.3 Å². The number of nitrogens with two attached hydrogens (primary N) is 1. The molecule has 0 fully saturated rings. The van der Waals surface area contributed by atoms with Crippen LogP contribution in [-0.2, 0) is 0 Å². The van der Waals surface area contributed by atoms with Gasteiger partial charge in [0.1, 0.15) is 5.82 Å². The number of aromatic nitrogens is 2. The summed E-state index contributed by atoms with van der Waals surface area (Å²) in [5.74, 6) is 0.668. The average molecular weight is 168 g/mol. The van der Waals surface area contributed by atoms with Crippen molar-refractivity contribution < 1.29 is 0 Å². The summed E-state index contributed by atoms with van der Waals surface area (Å²) < 4.78 is 1.09. The molecule has 2 heterocycles. The fourth-order valence-corrected chi connectivity index (χ4v) is 1.77. The molecule has 11 heavy (non-hydrogen) atoms. The normalized spacial score (nSPS) is 10.6. The Balaban J connectivity index is 2.64. The lowest BCUT2D eigenvalue weighted by molar-refractivity contribution is 1.34. The van der Waals surface area contributed by atoms with Gasteiger partial charge in [-0.2, -0.15) is 0 Å². The molecule has 2 aromatic rings. The van der Waals surface area contributed by atoms with Gasteiger partial charge in [0, 0.05) is 7.05 Å². The molecule has 5 heteroatoms. The first-order valence-electron chi connectivity index (χ1n) is 3.22. The molecular weight excluding hydrogens is 160 g/mol. The standard InChI is InChI=1S/C6H8N4S/c1-8-6-10-5-3(11-6)2-4(7)9-5/h2,9H,7H2,1H3,(H,8,10). The number of thiazole rings is 1. The van der Waals surface area contributed by atoms with Crippen molar-refractivity contribution in [2.75, 3.05) is 18.1 Å². The third-order valence-electron chi connectivity index (χ3n) is 1.42. The molecule has 0 amide bonds. The fourth-order valence-electron chi connectivity index (χ4n) is 0.940. The Bertz CT molecular complexity index is 343. The Hall–Kier alpha value is -1.23. The van der Waals surface area contributed by atoms with Gasteiger partial charge < -0.3 is 16.0 Å². The number of nitrogens with one attached hydrogen (secondary N) is 2.